The van der Waals surface area contributed by atoms with Gasteiger partial charge in [0.2, 0.25) is 0 Å². The average molecular weight is 872 g/mol. The quantitative estimate of drug-likeness (QED) is 0.0221. The van der Waals surface area contributed by atoms with Crippen LogP contribution in [0.3, 0.4) is 0 Å². The Kier molecular flexibility index (Phi) is 41.5. The van der Waals surface area contributed by atoms with Crippen molar-refractivity contribution in [3.8, 4) is 0 Å². The topological polar surface area (TPSA) is 47.6 Å². The van der Waals surface area contributed by atoms with Crippen molar-refractivity contribution in [3.05, 3.63) is 24.3 Å². The van der Waals surface area contributed by atoms with Gasteiger partial charge < -0.3 is 24.0 Å². The van der Waals surface area contributed by atoms with Crippen LogP contribution in [-0.4, -0.2) is 33.3 Å². The summed E-state index contributed by atoms with van der Waals surface area (Å²) in [4.78, 5) is 0. The Bertz CT molecular complexity index is 696. The Hall–Kier alpha value is 0.878. The van der Waals surface area contributed by atoms with Crippen molar-refractivity contribution in [2.45, 2.75) is 216 Å². The molecule has 0 atom stereocenters. The maximum absolute atomic E-state index is 13.5. The minimum absolute atomic E-state index is 0. The first-order valence-electron chi connectivity index (χ1n) is 20.6. The third-order valence-electron chi connectivity index (χ3n) is 8.92. The van der Waals surface area contributed by atoms with E-state index < -0.39 is 21.3 Å². The molecule has 0 aliphatic carbocycles. The summed E-state index contributed by atoms with van der Waals surface area (Å²) in [7, 11) is -3.22. The molecule has 0 amide bonds. The molecule has 288 valence electrons. The molecule has 1 N–H and O–H groups in total. The van der Waals surface area contributed by atoms with Gasteiger partial charge in [-0.3, -0.25) is 0 Å². The molecule has 0 spiro atoms. The summed E-state index contributed by atoms with van der Waals surface area (Å²) in [5.41, 5.74) is 7.14. The van der Waals surface area contributed by atoms with E-state index in [9.17, 15) is 4.57 Å². The fourth-order valence-corrected chi connectivity index (χ4v) is 9.13. The summed E-state index contributed by atoms with van der Waals surface area (Å²) in [6.45, 7) is 6.34. The van der Waals surface area contributed by atoms with Gasteiger partial charge in [-0.05, 0) is 38.5 Å². The van der Waals surface area contributed by atoms with Crippen molar-refractivity contribution in [1.82, 2.24) is 5.09 Å². The van der Waals surface area contributed by atoms with Crippen LogP contribution < -0.4 is 29.1 Å². The van der Waals surface area contributed by atoms with Crippen molar-refractivity contribution in [3.63, 3.8) is 0 Å². The SMILES string of the molecule is CCCCCCCC/C=C/CCCCCCCCOP(=O)(NCC[As+](C)(C)C)OCCCCCCCC/C=C/CCCCCCCC.[I-]. The van der Waals surface area contributed by atoms with Crippen LogP contribution in [0.5, 0.6) is 0 Å². The second-order valence-electron chi connectivity index (χ2n) is 15.0. The Morgan fingerprint density at radius 2 is 0.771 bits per heavy atom. The van der Waals surface area contributed by atoms with Crippen molar-refractivity contribution >= 4 is 21.3 Å². The minimum atomic E-state index is -3.22. The smallest absolute Gasteiger partial charge is 1.00 e. The van der Waals surface area contributed by atoms with E-state index in [-0.39, 0.29) is 24.0 Å². The second kappa shape index (κ2) is 39.1. The van der Waals surface area contributed by atoms with Crippen molar-refractivity contribution in [2.24, 2.45) is 0 Å². The van der Waals surface area contributed by atoms with Crippen LogP contribution in [0, 0.1) is 0 Å². The molecule has 0 aromatic carbocycles. The first-order valence-corrected chi connectivity index (χ1v) is 29.1. The predicted octanol–water partition coefficient (Wildman–Crippen LogP) is 12.1. The van der Waals surface area contributed by atoms with Gasteiger partial charge in [-0.25, -0.2) is 0 Å². The predicted molar refractivity (Wildman–Crippen MR) is 215 cm³/mol. The average Bonchev–Trinajstić information content (AvgIpc) is 3.03. The molecule has 0 saturated heterocycles. The monoisotopic (exact) mass is 871 g/mol. The summed E-state index contributed by atoms with van der Waals surface area (Å²) < 4.78 is 25.3. The first kappa shape index (κ1) is 51.0. The molecular formula is C41H84AsINO3P. The normalized spacial score (nSPS) is 12.4. The zero-order valence-corrected chi connectivity index (χ0v) is 37.9. The van der Waals surface area contributed by atoms with E-state index in [0.29, 0.717) is 13.2 Å². The fourth-order valence-electron chi connectivity index (χ4n) is 5.72. The molecule has 0 fully saturated rings. The van der Waals surface area contributed by atoms with E-state index in [1.54, 1.807) is 0 Å². The van der Waals surface area contributed by atoms with E-state index in [1.807, 2.05) is 0 Å². The van der Waals surface area contributed by atoms with Crippen LogP contribution in [0.2, 0.25) is 22.3 Å². The zero-order valence-electron chi connectivity index (χ0n) is 32.9. The Balaban J connectivity index is 0. The van der Waals surface area contributed by atoms with Crippen molar-refractivity contribution < 1.29 is 37.6 Å². The van der Waals surface area contributed by atoms with Crippen LogP contribution in [-0.2, 0) is 13.6 Å². The summed E-state index contributed by atoms with van der Waals surface area (Å²) in [5, 5.41) is 4.31. The van der Waals surface area contributed by atoms with Crippen LogP contribution in [0.1, 0.15) is 194 Å². The summed E-state index contributed by atoms with van der Waals surface area (Å²) in [6.07, 6.45) is 45.5. The van der Waals surface area contributed by atoms with Crippen molar-refractivity contribution in [1.29, 1.82) is 0 Å². The number of rotatable bonds is 38. The van der Waals surface area contributed by atoms with E-state index >= 15 is 0 Å². The Morgan fingerprint density at radius 3 is 1.08 bits per heavy atom. The number of unbranched alkanes of at least 4 members (excludes halogenated alkanes) is 24. The van der Waals surface area contributed by atoms with E-state index in [0.717, 1.165) is 37.4 Å². The Labute approximate surface area is 322 Å². The standard InChI is InChI=1S/C41H84AsNO3P.HI/c1-6-8-10-12-14-16-18-20-22-24-26-28-30-32-34-36-40-45-47(44,43-39-38-42(3,4)5)46-41-37-35-33-31-29-27-25-23-21-19-17-15-13-11-9-7-2;/h20-23H,6-19,24-41H2,1-5H3,(H,43,44);1H/q+1;/p-1/b22-20+,23-21+;. The summed E-state index contributed by atoms with van der Waals surface area (Å²) in [6, 6.07) is 0. The van der Waals surface area contributed by atoms with Crippen LogP contribution in [0.25, 0.3) is 0 Å². The molecule has 7 heteroatoms. The molecule has 0 heterocycles. The molecule has 0 bridgehead atoms. The van der Waals surface area contributed by atoms with E-state index in [4.69, 9.17) is 9.05 Å². The van der Waals surface area contributed by atoms with Gasteiger partial charge in [-0.15, -0.1) is 0 Å². The molecule has 0 aliphatic rings. The van der Waals surface area contributed by atoms with Gasteiger partial charge in [-0.1, -0.05) is 102 Å². The van der Waals surface area contributed by atoms with Gasteiger partial charge in [0.1, 0.15) is 0 Å². The molecule has 48 heavy (non-hydrogen) atoms. The molecule has 0 aliphatic heterocycles. The minimum Gasteiger partial charge on any atom is -1.00 e. The van der Waals surface area contributed by atoms with E-state index in [1.165, 1.54) is 154 Å². The first-order chi connectivity index (χ1) is 22.8. The van der Waals surface area contributed by atoms with Gasteiger partial charge in [0, 0.05) is 0 Å². The molecule has 0 unspecified atom stereocenters. The van der Waals surface area contributed by atoms with Gasteiger partial charge in [0.15, 0.2) is 0 Å². The van der Waals surface area contributed by atoms with Gasteiger partial charge in [0.05, 0.1) is 0 Å². The number of hydrogen-bond donors (Lipinski definition) is 1. The van der Waals surface area contributed by atoms with Crippen molar-refractivity contribution in [2.75, 3.05) is 19.8 Å². The molecule has 0 aromatic heterocycles. The fraction of sp³-hybridized carbons (Fsp3) is 0.902. The molecule has 0 radical (unpaired) electrons. The third kappa shape index (κ3) is 41.3. The molecule has 4 nitrogen and oxygen atoms in total. The van der Waals surface area contributed by atoms with E-state index in [2.05, 4.69) is 60.4 Å². The number of halogens is 1. The maximum atomic E-state index is 13.5. The van der Waals surface area contributed by atoms with Crippen LogP contribution in [0.4, 0.5) is 0 Å². The van der Waals surface area contributed by atoms with Crippen LogP contribution >= 0.6 is 7.75 Å². The van der Waals surface area contributed by atoms with Crippen LogP contribution in [0.15, 0.2) is 24.3 Å². The molecular weight excluding hydrogens is 787 g/mol. The summed E-state index contributed by atoms with van der Waals surface area (Å²) >= 11 is -1.55. The molecule has 0 aromatic rings. The zero-order chi connectivity index (χ0) is 34.6. The Morgan fingerprint density at radius 1 is 0.479 bits per heavy atom. The number of hydrogen-bond acceptors (Lipinski definition) is 3. The molecule has 0 rings (SSSR count). The number of nitrogens with one attached hydrogen (secondary N) is 1. The number of allylic oxidation sites excluding steroid dienone is 4. The van der Waals surface area contributed by atoms with Gasteiger partial charge in [-0.2, -0.15) is 0 Å². The van der Waals surface area contributed by atoms with Gasteiger partial charge >= 0.3 is 159 Å². The summed E-state index contributed by atoms with van der Waals surface area (Å²) in [5.74, 6) is 0. The second-order valence-corrected chi connectivity index (χ2v) is 27.3. The third-order valence-corrected chi connectivity index (χ3v) is 13.9. The molecule has 0 saturated carbocycles. The van der Waals surface area contributed by atoms with Gasteiger partial charge in [0.25, 0.3) is 0 Å².